The van der Waals surface area contributed by atoms with Crippen LogP contribution in [0.2, 0.25) is 0 Å². The van der Waals surface area contributed by atoms with Gasteiger partial charge in [0.15, 0.2) is 5.82 Å². The van der Waals surface area contributed by atoms with Crippen molar-refractivity contribution in [2.24, 2.45) is 5.73 Å². The van der Waals surface area contributed by atoms with Crippen LogP contribution in [-0.4, -0.2) is 79.1 Å². The van der Waals surface area contributed by atoms with Crippen LogP contribution in [0.1, 0.15) is 42.5 Å². The van der Waals surface area contributed by atoms with Crippen molar-refractivity contribution >= 4 is 29.0 Å². The number of ether oxygens (including phenoxy) is 1. The largest absolute Gasteiger partial charge is 0.495 e. The first-order chi connectivity index (χ1) is 17.2. The summed E-state index contributed by atoms with van der Waals surface area (Å²) in [4.78, 5) is 27.1. The van der Waals surface area contributed by atoms with Crippen molar-refractivity contribution in [2.75, 3.05) is 55.5 Å². The number of likely N-dealkylation sites (tertiary alicyclic amines) is 1. The number of nitrogens with one attached hydrogen (secondary N) is 1. The lowest BCUT2D eigenvalue weighted by Crippen LogP contribution is -2.47. The van der Waals surface area contributed by atoms with Crippen LogP contribution in [0.25, 0.3) is 0 Å². The molecule has 5 rings (SSSR count). The number of rotatable bonds is 5. The van der Waals surface area contributed by atoms with E-state index in [1.54, 1.807) is 36.3 Å². The summed E-state index contributed by atoms with van der Waals surface area (Å²) in [6.45, 7) is 0.519. The van der Waals surface area contributed by atoms with Crippen molar-refractivity contribution in [3.63, 3.8) is 0 Å². The fourth-order valence-electron chi connectivity index (χ4n) is 5.05. The lowest BCUT2D eigenvalue weighted by atomic mass is 9.91. The molecule has 9 nitrogen and oxygen atoms in total. The van der Waals surface area contributed by atoms with E-state index in [4.69, 9.17) is 10.5 Å². The molecular weight excluding hydrogens is 468 g/mol. The van der Waals surface area contributed by atoms with Crippen LogP contribution >= 0.6 is 0 Å². The first-order valence-electron chi connectivity index (χ1n) is 12.5. The van der Waals surface area contributed by atoms with Crippen LogP contribution in [0.15, 0.2) is 24.4 Å². The van der Waals surface area contributed by atoms with Gasteiger partial charge in [-0.2, -0.15) is 4.98 Å². The minimum Gasteiger partial charge on any atom is -0.495 e. The van der Waals surface area contributed by atoms with E-state index in [2.05, 4.69) is 15.3 Å². The molecule has 0 atom stereocenters. The van der Waals surface area contributed by atoms with Crippen LogP contribution in [-0.2, 0) is 0 Å². The Balaban J connectivity index is 1.40. The number of alkyl halides is 2. The second-order valence-electron chi connectivity index (χ2n) is 10.00. The number of anilines is 4. The Morgan fingerprint density at radius 1 is 1.19 bits per heavy atom. The van der Waals surface area contributed by atoms with Crippen molar-refractivity contribution in [3.8, 4) is 5.75 Å². The Morgan fingerprint density at radius 2 is 1.94 bits per heavy atom. The highest BCUT2D eigenvalue weighted by molar-refractivity contribution is 5.95. The molecule has 0 radical (unpaired) electrons. The van der Waals surface area contributed by atoms with E-state index >= 15 is 0 Å². The molecule has 36 heavy (non-hydrogen) atoms. The predicted molar refractivity (Wildman–Crippen MR) is 135 cm³/mol. The van der Waals surface area contributed by atoms with Gasteiger partial charge in [-0.3, -0.25) is 4.79 Å². The first-order valence-corrected chi connectivity index (χ1v) is 12.5. The molecule has 0 bridgehead atoms. The molecule has 0 unspecified atom stereocenters. The third-order valence-electron chi connectivity index (χ3n) is 7.34. The molecule has 0 spiro atoms. The molecular formula is C25H33F2N7O2. The number of hydrogen-bond acceptors (Lipinski definition) is 8. The van der Waals surface area contributed by atoms with Crippen LogP contribution in [0.5, 0.6) is 5.75 Å². The number of amides is 1. The predicted octanol–water partition coefficient (Wildman–Crippen LogP) is 3.24. The zero-order chi connectivity index (χ0) is 25.4. The third-order valence-corrected chi connectivity index (χ3v) is 7.34. The van der Waals surface area contributed by atoms with Crippen molar-refractivity contribution in [2.45, 2.75) is 50.1 Å². The smallest absolute Gasteiger partial charge is 0.282 e. The van der Waals surface area contributed by atoms with E-state index in [0.29, 0.717) is 41.6 Å². The van der Waals surface area contributed by atoms with E-state index in [1.807, 2.05) is 4.90 Å². The minimum absolute atomic E-state index is 0.0491. The molecule has 3 aliphatic rings. The molecule has 1 saturated carbocycles. The fraction of sp³-hybridized carbons (Fsp3) is 0.560. The fourth-order valence-corrected chi connectivity index (χ4v) is 5.05. The van der Waals surface area contributed by atoms with Crippen molar-refractivity contribution in [1.82, 2.24) is 14.9 Å². The molecule has 2 aliphatic heterocycles. The normalized spacial score (nSPS) is 20.4. The maximum Gasteiger partial charge on any atom is 0.282 e. The number of methoxy groups -OCH3 is 1. The van der Waals surface area contributed by atoms with Crippen LogP contribution in [0.4, 0.5) is 31.9 Å². The standard InChI is InChI=1S/C25H33F2N7O2/c1-32-14-25(26,27)15-34(18-4-3-5-18)22-20(32)13-29-24(31-22)30-19-7-6-16(12-21(19)36-2)23(35)33-10-8-17(28)9-11-33/h6-7,12-13,17-18H,3-5,8-11,14-15,28H2,1-2H3,(H,29,30,31). The summed E-state index contributed by atoms with van der Waals surface area (Å²) in [5.41, 5.74) is 7.65. The summed E-state index contributed by atoms with van der Waals surface area (Å²) in [7, 11) is 3.17. The molecule has 3 heterocycles. The highest BCUT2D eigenvalue weighted by Crippen LogP contribution is 2.40. The molecule has 194 valence electrons. The summed E-state index contributed by atoms with van der Waals surface area (Å²) in [5.74, 6) is -1.67. The molecule has 1 saturated heterocycles. The molecule has 1 aliphatic carbocycles. The second-order valence-corrected chi connectivity index (χ2v) is 10.00. The Bertz CT molecular complexity index is 1120. The number of carbonyl (C=O) groups is 1. The van der Waals surface area contributed by atoms with Gasteiger partial charge in [-0.05, 0) is 50.3 Å². The van der Waals surface area contributed by atoms with Gasteiger partial charge in [0, 0.05) is 37.8 Å². The molecule has 2 aromatic rings. The van der Waals surface area contributed by atoms with Crippen molar-refractivity contribution in [3.05, 3.63) is 30.0 Å². The zero-order valence-electron chi connectivity index (χ0n) is 20.7. The average Bonchev–Trinajstić information content (AvgIpc) is 2.91. The number of halogens is 2. The van der Waals surface area contributed by atoms with Gasteiger partial charge in [0.25, 0.3) is 11.8 Å². The summed E-state index contributed by atoms with van der Waals surface area (Å²) in [6, 6.07) is 5.37. The molecule has 3 N–H and O–H groups in total. The van der Waals surface area contributed by atoms with E-state index in [9.17, 15) is 13.6 Å². The second kappa shape index (κ2) is 9.68. The average molecular weight is 502 g/mol. The van der Waals surface area contributed by atoms with Crippen LogP contribution in [0, 0.1) is 0 Å². The number of fused-ring (bicyclic) bond motifs is 1. The maximum absolute atomic E-state index is 14.7. The number of nitrogens with zero attached hydrogens (tertiary/aromatic N) is 5. The third kappa shape index (κ3) is 4.88. The number of carbonyl (C=O) groups excluding carboxylic acids is 1. The van der Waals surface area contributed by atoms with Gasteiger partial charge in [-0.15, -0.1) is 0 Å². The molecule has 1 aromatic carbocycles. The van der Waals surface area contributed by atoms with Crippen molar-refractivity contribution in [1.29, 1.82) is 0 Å². The lowest BCUT2D eigenvalue weighted by Gasteiger charge is -2.39. The Labute approximate surface area is 209 Å². The molecule has 11 heteroatoms. The van der Waals surface area contributed by atoms with E-state index in [-0.39, 0.29) is 37.0 Å². The van der Waals surface area contributed by atoms with Gasteiger partial charge < -0.3 is 30.5 Å². The highest BCUT2D eigenvalue weighted by atomic mass is 19.3. The first kappa shape index (κ1) is 24.5. The number of benzene rings is 1. The number of nitrogens with two attached hydrogens (primary N) is 1. The molecule has 1 aromatic heterocycles. The Morgan fingerprint density at radius 3 is 2.61 bits per heavy atom. The van der Waals surface area contributed by atoms with Crippen molar-refractivity contribution < 1.29 is 18.3 Å². The Hall–Kier alpha value is -3.21. The maximum atomic E-state index is 14.7. The van der Waals surface area contributed by atoms with Gasteiger partial charge in [0.2, 0.25) is 5.95 Å². The molecule has 1 amide bonds. The lowest BCUT2D eigenvalue weighted by molar-refractivity contribution is 0.0161. The monoisotopic (exact) mass is 501 g/mol. The van der Waals surface area contributed by atoms with E-state index in [1.165, 1.54) is 12.0 Å². The number of aromatic nitrogens is 2. The highest BCUT2D eigenvalue weighted by Gasteiger charge is 2.42. The van der Waals surface area contributed by atoms with Gasteiger partial charge in [-0.1, -0.05) is 0 Å². The quantitative estimate of drug-likeness (QED) is 0.644. The zero-order valence-corrected chi connectivity index (χ0v) is 20.7. The van der Waals surface area contributed by atoms with Gasteiger partial charge >= 0.3 is 0 Å². The van der Waals surface area contributed by atoms with Gasteiger partial charge in [0.05, 0.1) is 37.8 Å². The Kier molecular flexibility index (Phi) is 6.59. The number of hydrogen-bond donors (Lipinski definition) is 2. The van der Waals surface area contributed by atoms with Gasteiger partial charge in [-0.25, -0.2) is 13.8 Å². The SMILES string of the molecule is COc1cc(C(=O)N2CCC(N)CC2)ccc1Nc1ncc2c(n1)N(C1CCC1)CC(F)(F)CN2C. The summed E-state index contributed by atoms with van der Waals surface area (Å²) >= 11 is 0. The van der Waals surface area contributed by atoms with Gasteiger partial charge in [0.1, 0.15) is 5.75 Å². The minimum atomic E-state index is -2.86. The van der Waals surface area contributed by atoms with E-state index < -0.39 is 5.92 Å². The number of piperidine rings is 1. The summed E-state index contributed by atoms with van der Waals surface area (Å²) in [6.07, 6.45) is 5.94. The van der Waals surface area contributed by atoms with E-state index in [0.717, 1.165) is 32.1 Å². The summed E-state index contributed by atoms with van der Waals surface area (Å²) < 4.78 is 34.9. The molecule has 2 fully saturated rings. The van der Waals surface area contributed by atoms with Crippen LogP contribution < -0.4 is 25.6 Å². The van der Waals surface area contributed by atoms with Crippen LogP contribution in [0.3, 0.4) is 0 Å². The summed E-state index contributed by atoms with van der Waals surface area (Å²) in [5, 5.41) is 3.16. The topological polar surface area (TPSA) is 99.8 Å².